The van der Waals surface area contributed by atoms with Crippen molar-refractivity contribution in [2.75, 3.05) is 13.1 Å². The molecule has 1 fully saturated rings. The summed E-state index contributed by atoms with van der Waals surface area (Å²) in [5.41, 5.74) is 3.30. The van der Waals surface area contributed by atoms with Crippen molar-refractivity contribution >= 4 is 0 Å². The van der Waals surface area contributed by atoms with Gasteiger partial charge in [0, 0.05) is 25.0 Å². The number of nitriles is 1. The molecule has 120 valence electrons. The number of aryl methyl sites for hydroxylation is 2. The first-order chi connectivity index (χ1) is 11.2. The standard InChI is InChI=1S/C19H24N4/c1-15-12-21-16(2)23(15)14-19-7-9-22(10-8-19)13-18-5-3-17(11-20)4-6-18/h3-6,12,19H,7-10,13-14H2,1-2H3. The number of hydrogen-bond acceptors (Lipinski definition) is 3. The third-order valence-electron chi connectivity index (χ3n) is 4.89. The summed E-state index contributed by atoms with van der Waals surface area (Å²) in [5, 5.41) is 8.86. The van der Waals surface area contributed by atoms with Crippen LogP contribution in [0.15, 0.2) is 30.5 Å². The number of aromatic nitrogens is 2. The van der Waals surface area contributed by atoms with Crippen LogP contribution in [0.4, 0.5) is 0 Å². The number of piperidine rings is 1. The van der Waals surface area contributed by atoms with E-state index in [1.165, 1.54) is 24.1 Å². The zero-order valence-corrected chi connectivity index (χ0v) is 14.0. The largest absolute Gasteiger partial charge is 0.332 e. The third kappa shape index (κ3) is 3.80. The molecule has 23 heavy (non-hydrogen) atoms. The van der Waals surface area contributed by atoms with Crippen molar-refractivity contribution in [1.82, 2.24) is 14.5 Å². The predicted octanol–water partition coefficient (Wildman–Crippen LogP) is 3.28. The van der Waals surface area contributed by atoms with E-state index in [0.717, 1.165) is 43.5 Å². The van der Waals surface area contributed by atoms with Gasteiger partial charge in [-0.3, -0.25) is 4.90 Å². The van der Waals surface area contributed by atoms with Gasteiger partial charge in [-0.25, -0.2) is 4.98 Å². The second kappa shape index (κ2) is 6.97. The van der Waals surface area contributed by atoms with E-state index in [1.807, 2.05) is 18.3 Å². The lowest BCUT2D eigenvalue weighted by molar-refractivity contribution is 0.166. The minimum absolute atomic E-state index is 0.735. The van der Waals surface area contributed by atoms with Gasteiger partial charge in [0.1, 0.15) is 5.82 Å². The number of likely N-dealkylation sites (tertiary alicyclic amines) is 1. The van der Waals surface area contributed by atoms with Crippen LogP contribution >= 0.6 is 0 Å². The van der Waals surface area contributed by atoms with Crippen LogP contribution in [-0.4, -0.2) is 27.5 Å². The maximum Gasteiger partial charge on any atom is 0.105 e. The summed E-state index contributed by atoms with van der Waals surface area (Å²) in [4.78, 5) is 6.92. The zero-order chi connectivity index (χ0) is 16.2. The van der Waals surface area contributed by atoms with Crippen LogP contribution in [0, 0.1) is 31.1 Å². The van der Waals surface area contributed by atoms with E-state index in [-0.39, 0.29) is 0 Å². The van der Waals surface area contributed by atoms with Crippen molar-refractivity contribution in [2.24, 2.45) is 5.92 Å². The maximum atomic E-state index is 8.86. The Morgan fingerprint density at radius 2 is 1.87 bits per heavy atom. The summed E-state index contributed by atoms with van der Waals surface area (Å²) in [6.07, 6.45) is 4.45. The van der Waals surface area contributed by atoms with E-state index in [0.29, 0.717) is 0 Å². The highest BCUT2D eigenvalue weighted by molar-refractivity contribution is 5.31. The average molecular weight is 308 g/mol. The molecule has 2 aromatic rings. The molecule has 0 bridgehead atoms. The highest BCUT2D eigenvalue weighted by atomic mass is 15.1. The normalized spacial score (nSPS) is 16.4. The van der Waals surface area contributed by atoms with Crippen molar-refractivity contribution in [2.45, 2.75) is 39.8 Å². The van der Waals surface area contributed by atoms with Crippen LogP contribution in [0.25, 0.3) is 0 Å². The lowest BCUT2D eigenvalue weighted by Gasteiger charge is -2.32. The van der Waals surface area contributed by atoms with Crippen LogP contribution in [-0.2, 0) is 13.1 Å². The molecule has 0 aliphatic carbocycles. The minimum Gasteiger partial charge on any atom is -0.332 e. The van der Waals surface area contributed by atoms with Crippen molar-refractivity contribution < 1.29 is 0 Å². The Labute approximate surface area is 138 Å². The molecule has 3 rings (SSSR count). The van der Waals surface area contributed by atoms with Crippen LogP contribution in [0.3, 0.4) is 0 Å². The maximum absolute atomic E-state index is 8.86. The molecule has 0 atom stereocenters. The molecule has 0 spiro atoms. The number of benzene rings is 1. The van der Waals surface area contributed by atoms with Gasteiger partial charge >= 0.3 is 0 Å². The van der Waals surface area contributed by atoms with Gasteiger partial charge in [0.15, 0.2) is 0 Å². The number of hydrogen-bond donors (Lipinski definition) is 0. The molecule has 1 aliphatic rings. The van der Waals surface area contributed by atoms with Crippen molar-refractivity contribution in [3.8, 4) is 6.07 Å². The van der Waals surface area contributed by atoms with Gasteiger partial charge in [0.25, 0.3) is 0 Å². The zero-order valence-electron chi connectivity index (χ0n) is 14.0. The fraction of sp³-hybridized carbons (Fsp3) is 0.474. The summed E-state index contributed by atoms with van der Waals surface area (Å²) in [6, 6.07) is 10.1. The summed E-state index contributed by atoms with van der Waals surface area (Å²) < 4.78 is 2.35. The Morgan fingerprint density at radius 3 is 2.43 bits per heavy atom. The van der Waals surface area contributed by atoms with Crippen LogP contribution < -0.4 is 0 Å². The first-order valence-electron chi connectivity index (χ1n) is 8.36. The quantitative estimate of drug-likeness (QED) is 0.870. The second-order valence-electron chi connectivity index (χ2n) is 6.59. The van der Waals surface area contributed by atoms with Crippen molar-refractivity contribution in [1.29, 1.82) is 5.26 Å². The monoisotopic (exact) mass is 308 g/mol. The minimum atomic E-state index is 0.735. The van der Waals surface area contributed by atoms with E-state index < -0.39 is 0 Å². The lowest BCUT2D eigenvalue weighted by atomic mass is 9.96. The molecule has 0 saturated carbocycles. The van der Waals surface area contributed by atoms with E-state index >= 15 is 0 Å². The summed E-state index contributed by atoms with van der Waals surface area (Å²) in [6.45, 7) is 8.62. The molecular weight excluding hydrogens is 284 g/mol. The molecule has 0 unspecified atom stereocenters. The molecule has 0 radical (unpaired) electrons. The predicted molar refractivity (Wildman–Crippen MR) is 90.9 cm³/mol. The number of imidazole rings is 1. The molecule has 4 heteroatoms. The van der Waals surface area contributed by atoms with Gasteiger partial charge < -0.3 is 4.57 Å². The number of nitrogens with zero attached hydrogens (tertiary/aromatic N) is 4. The average Bonchev–Trinajstić information content (AvgIpc) is 2.89. The SMILES string of the molecule is Cc1cnc(C)n1CC1CCN(Cc2ccc(C#N)cc2)CC1. The van der Waals surface area contributed by atoms with Gasteiger partial charge in [0.05, 0.1) is 11.6 Å². The molecule has 1 aromatic carbocycles. The van der Waals surface area contributed by atoms with E-state index in [4.69, 9.17) is 5.26 Å². The molecule has 1 aliphatic heterocycles. The van der Waals surface area contributed by atoms with Gasteiger partial charge in [-0.1, -0.05) is 12.1 Å². The topological polar surface area (TPSA) is 44.9 Å². The summed E-state index contributed by atoms with van der Waals surface area (Å²) in [7, 11) is 0. The molecule has 1 saturated heterocycles. The number of rotatable bonds is 4. The first-order valence-corrected chi connectivity index (χ1v) is 8.36. The van der Waals surface area contributed by atoms with Gasteiger partial charge in [0.2, 0.25) is 0 Å². The molecule has 2 heterocycles. The highest BCUT2D eigenvalue weighted by Gasteiger charge is 2.20. The molecule has 4 nitrogen and oxygen atoms in total. The van der Waals surface area contributed by atoms with Gasteiger partial charge in [-0.15, -0.1) is 0 Å². The van der Waals surface area contributed by atoms with Crippen LogP contribution in [0.1, 0.15) is 35.5 Å². The smallest absolute Gasteiger partial charge is 0.105 e. The lowest BCUT2D eigenvalue weighted by Crippen LogP contribution is -2.34. The molecule has 0 amide bonds. The van der Waals surface area contributed by atoms with Gasteiger partial charge in [-0.2, -0.15) is 5.26 Å². The van der Waals surface area contributed by atoms with E-state index in [2.05, 4.69) is 46.5 Å². The third-order valence-corrected chi connectivity index (χ3v) is 4.89. The highest BCUT2D eigenvalue weighted by Crippen LogP contribution is 2.22. The van der Waals surface area contributed by atoms with Crippen molar-refractivity contribution in [3.63, 3.8) is 0 Å². The van der Waals surface area contributed by atoms with E-state index in [1.54, 1.807) is 0 Å². The van der Waals surface area contributed by atoms with Crippen molar-refractivity contribution in [3.05, 3.63) is 53.1 Å². The van der Waals surface area contributed by atoms with Crippen LogP contribution in [0.2, 0.25) is 0 Å². The Kier molecular flexibility index (Phi) is 4.78. The molecule has 1 aromatic heterocycles. The Morgan fingerprint density at radius 1 is 1.17 bits per heavy atom. The van der Waals surface area contributed by atoms with Gasteiger partial charge in [-0.05, 0) is 63.4 Å². The summed E-state index contributed by atoms with van der Waals surface area (Å²) in [5.74, 6) is 1.88. The molecular formula is C19H24N4. The fourth-order valence-corrected chi connectivity index (χ4v) is 3.39. The Bertz CT molecular complexity index is 666. The fourth-order valence-electron chi connectivity index (χ4n) is 3.39. The summed E-state index contributed by atoms with van der Waals surface area (Å²) >= 11 is 0. The van der Waals surface area contributed by atoms with E-state index in [9.17, 15) is 0 Å². The Hall–Kier alpha value is -2.12. The first kappa shape index (κ1) is 15.8. The molecule has 0 N–H and O–H groups in total. The Balaban J connectivity index is 1.51. The van der Waals surface area contributed by atoms with Crippen LogP contribution in [0.5, 0.6) is 0 Å². The second-order valence-corrected chi connectivity index (χ2v) is 6.59.